The third-order valence-electron chi connectivity index (χ3n) is 3.96. The normalized spacial score (nSPS) is 25.4. The first-order valence-electron chi connectivity index (χ1n) is 7.91. The van der Waals surface area contributed by atoms with Gasteiger partial charge >= 0.3 is 0 Å². The van der Waals surface area contributed by atoms with Crippen LogP contribution in [0.1, 0.15) is 34.1 Å². The van der Waals surface area contributed by atoms with Crippen molar-refractivity contribution in [1.29, 1.82) is 0 Å². The summed E-state index contributed by atoms with van der Waals surface area (Å²) in [5.41, 5.74) is 5.58. The van der Waals surface area contributed by atoms with Gasteiger partial charge < -0.3 is 4.90 Å². The van der Waals surface area contributed by atoms with Gasteiger partial charge in [0.25, 0.3) is 0 Å². The monoisotopic (exact) mass is 281 g/mol. The molecule has 1 fully saturated rings. The van der Waals surface area contributed by atoms with Gasteiger partial charge in [0.05, 0.1) is 0 Å². The average Bonchev–Trinajstić information content (AvgIpc) is 2.71. The van der Waals surface area contributed by atoms with Crippen LogP contribution in [0.3, 0.4) is 0 Å². The van der Waals surface area contributed by atoms with Crippen molar-refractivity contribution >= 4 is 0 Å². The molecular weight excluding hydrogens is 254 g/mol. The average molecular weight is 281 g/mol. The Morgan fingerprint density at radius 3 is 2.86 bits per heavy atom. The zero-order valence-electron chi connectivity index (χ0n) is 13.8. The molecule has 0 amide bonds. The Labute approximate surface area is 129 Å². The van der Waals surface area contributed by atoms with Crippen molar-refractivity contribution in [3.05, 3.63) is 71.0 Å². The molecule has 112 valence electrons. The number of nitrogens with zero attached hydrogens (tertiary/aromatic N) is 1. The molecule has 0 radical (unpaired) electrons. The minimum atomic E-state index is 0.532. The Hall–Kier alpha value is -1.76. The summed E-state index contributed by atoms with van der Waals surface area (Å²) in [7, 11) is 0. The van der Waals surface area contributed by atoms with Crippen LogP contribution in [-0.4, -0.2) is 18.0 Å². The van der Waals surface area contributed by atoms with Crippen LogP contribution in [0.25, 0.3) is 0 Å². The van der Waals surface area contributed by atoms with Gasteiger partial charge in [-0.2, -0.15) is 0 Å². The summed E-state index contributed by atoms with van der Waals surface area (Å²) in [4.78, 5) is 2.49. The molecule has 0 saturated carbocycles. The molecular formula is C20H27N. The van der Waals surface area contributed by atoms with Gasteiger partial charge in [-0.25, -0.2) is 0 Å². The summed E-state index contributed by atoms with van der Waals surface area (Å²) < 4.78 is 0. The molecule has 1 aliphatic heterocycles. The molecule has 1 nitrogen and oxygen atoms in total. The lowest BCUT2D eigenvalue weighted by Crippen LogP contribution is -2.20. The SMILES string of the molecule is C/C=C1/CCN(CC2=CC=CC(C)C=C2)/C1=C/C=C(C)C. The summed E-state index contributed by atoms with van der Waals surface area (Å²) in [6.07, 6.45) is 19.1. The summed E-state index contributed by atoms with van der Waals surface area (Å²) in [6, 6.07) is 0. The van der Waals surface area contributed by atoms with Gasteiger partial charge in [-0.05, 0) is 50.3 Å². The first kappa shape index (κ1) is 15.6. The van der Waals surface area contributed by atoms with E-state index in [1.165, 1.54) is 22.4 Å². The van der Waals surface area contributed by atoms with Crippen LogP contribution >= 0.6 is 0 Å². The smallest absolute Gasteiger partial charge is 0.0429 e. The fourth-order valence-corrected chi connectivity index (χ4v) is 2.70. The Morgan fingerprint density at radius 2 is 2.14 bits per heavy atom. The van der Waals surface area contributed by atoms with Crippen molar-refractivity contribution in [2.45, 2.75) is 34.1 Å². The Morgan fingerprint density at radius 1 is 1.33 bits per heavy atom. The molecule has 1 heteroatoms. The first-order valence-corrected chi connectivity index (χ1v) is 7.91. The van der Waals surface area contributed by atoms with Gasteiger partial charge in [0, 0.05) is 18.8 Å². The van der Waals surface area contributed by atoms with E-state index in [-0.39, 0.29) is 0 Å². The van der Waals surface area contributed by atoms with Crippen LogP contribution < -0.4 is 0 Å². The Kier molecular flexibility index (Phi) is 5.44. The number of rotatable bonds is 3. The highest BCUT2D eigenvalue weighted by atomic mass is 15.2. The molecule has 1 heterocycles. The second-order valence-corrected chi connectivity index (χ2v) is 6.13. The van der Waals surface area contributed by atoms with Crippen molar-refractivity contribution in [2.75, 3.05) is 13.1 Å². The number of likely N-dealkylation sites (tertiary alicyclic amines) is 1. The van der Waals surface area contributed by atoms with E-state index in [0.29, 0.717) is 5.92 Å². The molecule has 0 bridgehead atoms. The van der Waals surface area contributed by atoms with Crippen molar-refractivity contribution in [3.63, 3.8) is 0 Å². The lowest BCUT2D eigenvalue weighted by molar-refractivity contribution is 0.431. The number of hydrogen-bond acceptors (Lipinski definition) is 1. The lowest BCUT2D eigenvalue weighted by atomic mass is 10.1. The van der Waals surface area contributed by atoms with Crippen LogP contribution in [-0.2, 0) is 0 Å². The Balaban J connectivity index is 2.17. The fourth-order valence-electron chi connectivity index (χ4n) is 2.70. The molecule has 21 heavy (non-hydrogen) atoms. The molecule has 1 unspecified atom stereocenters. The molecule has 0 aromatic carbocycles. The third-order valence-corrected chi connectivity index (χ3v) is 3.96. The van der Waals surface area contributed by atoms with E-state index in [0.717, 1.165) is 19.5 Å². The zero-order chi connectivity index (χ0) is 15.2. The maximum absolute atomic E-state index is 2.49. The van der Waals surface area contributed by atoms with Gasteiger partial charge in [0.15, 0.2) is 0 Å². The third kappa shape index (κ3) is 4.35. The summed E-state index contributed by atoms with van der Waals surface area (Å²) in [6.45, 7) is 10.8. The van der Waals surface area contributed by atoms with E-state index < -0.39 is 0 Å². The molecule has 0 spiro atoms. The van der Waals surface area contributed by atoms with Gasteiger partial charge in [-0.3, -0.25) is 0 Å². The van der Waals surface area contributed by atoms with E-state index in [1.54, 1.807) is 0 Å². The van der Waals surface area contributed by atoms with Crippen LogP contribution in [0, 0.1) is 5.92 Å². The zero-order valence-corrected chi connectivity index (χ0v) is 13.8. The fraction of sp³-hybridized carbons (Fsp3) is 0.400. The van der Waals surface area contributed by atoms with E-state index in [2.05, 4.69) is 81.2 Å². The van der Waals surface area contributed by atoms with Gasteiger partial charge in [0.2, 0.25) is 0 Å². The molecule has 0 N–H and O–H groups in total. The minimum absolute atomic E-state index is 0.532. The summed E-state index contributed by atoms with van der Waals surface area (Å²) >= 11 is 0. The van der Waals surface area contributed by atoms with Gasteiger partial charge in [-0.15, -0.1) is 0 Å². The highest BCUT2D eigenvalue weighted by Gasteiger charge is 2.21. The largest absolute Gasteiger partial charge is 0.367 e. The van der Waals surface area contributed by atoms with E-state index in [4.69, 9.17) is 0 Å². The second kappa shape index (κ2) is 7.31. The Bertz CT molecular complexity index is 548. The molecule has 2 rings (SSSR count). The van der Waals surface area contributed by atoms with Crippen LogP contribution in [0.5, 0.6) is 0 Å². The molecule has 0 aromatic rings. The van der Waals surface area contributed by atoms with Crippen LogP contribution in [0.4, 0.5) is 0 Å². The first-order chi connectivity index (χ1) is 10.1. The van der Waals surface area contributed by atoms with Crippen LogP contribution in [0.2, 0.25) is 0 Å². The van der Waals surface area contributed by atoms with E-state index in [9.17, 15) is 0 Å². The van der Waals surface area contributed by atoms with E-state index >= 15 is 0 Å². The minimum Gasteiger partial charge on any atom is -0.367 e. The number of allylic oxidation sites excluding steroid dienone is 9. The van der Waals surface area contributed by atoms with Gasteiger partial charge in [-0.1, -0.05) is 55.0 Å². The lowest BCUT2D eigenvalue weighted by Gasteiger charge is -2.20. The van der Waals surface area contributed by atoms with E-state index in [1.807, 2.05) is 0 Å². The predicted molar refractivity (Wildman–Crippen MR) is 93.0 cm³/mol. The van der Waals surface area contributed by atoms with Crippen molar-refractivity contribution in [2.24, 2.45) is 5.92 Å². The number of hydrogen-bond donors (Lipinski definition) is 0. The topological polar surface area (TPSA) is 3.24 Å². The maximum Gasteiger partial charge on any atom is 0.0429 e. The van der Waals surface area contributed by atoms with Crippen molar-refractivity contribution in [1.82, 2.24) is 4.90 Å². The van der Waals surface area contributed by atoms with Crippen molar-refractivity contribution in [3.8, 4) is 0 Å². The predicted octanol–water partition coefficient (Wildman–Crippen LogP) is 5.18. The maximum atomic E-state index is 2.49. The van der Waals surface area contributed by atoms with Crippen LogP contribution in [0.15, 0.2) is 71.0 Å². The summed E-state index contributed by atoms with van der Waals surface area (Å²) in [5, 5.41) is 0. The quantitative estimate of drug-likeness (QED) is 0.689. The molecule has 1 aliphatic carbocycles. The standard InChI is InChI=1S/C20H27N/c1-5-19-13-14-21(20(19)12-9-16(2)3)15-18-8-6-7-17(4)10-11-18/h5-12,17H,13-15H2,1-4H3/b19-5-,20-12+. The second-order valence-electron chi connectivity index (χ2n) is 6.13. The molecule has 1 saturated heterocycles. The van der Waals surface area contributed by atoms with Gasteiger partial charge in [0.1, 0.15) is 0 Å². The molecule has 1 atom stereocenters. The highest BCUT2D eigenvalue weighted by molar-refractivity contribution is 5.39. The van der Waals surface area contributed by atoms with Crippen molar-refractivity contribution < 1.29 is 0 Å². The highest BCUT2D eigenvalue weighted by Crippen LogP contribution is 2.28. The molecule has 2 aliphatic rings. The summed E-state index contributed by atoms with van der Waals surface area (Å²) in [5.74, 6) is 0.532. The molecule has 0 aromatic heterocycles.